The second kappa shape index (κ2) is 5.37. The Kier molecular flexibility index (Phi) is 4.03. The summed E-state index contributed by atoms with van der Waals surface area (Å²) in [6, 6.07) is 1.94. The minimum Gasteiger partial charge on any atom is -0.385 e. The molecule has 0 aromatic carbocycles. The largest absolute Gasteiger partial charge is 0.385 e. The fraction of sp³-hybridized carbons (Fsp3) is 0.667. The van der Waals surface area contributed by atoms with Crippen molar-refractivity contribution >= 4 is 0 Å². The highest BCUT2D eigenvalue weighted by Gasteiger charge is 2.42. The topological polar surface area (TPSA) is 42.4 Å². The Morgan fingerprint density at radius 1 is 1.44 bits per heavy atom. The number of aryl methyl sites for hydroxylation is 1. The maximum absolute atomic E-state index is 10.7. The van der Waals surface area contributed by atoms with E-state index in [1.807, 2.05) is 13.0 Å². The zero-order valence-electron chi connectivity index (χ0n) is 11.5. The molecule has 18 heavy (non-hydrogen) atoms. The number of pyridine rings is 1. The first-order valence-electron chi connectivity index (χ1n) is 6.73. The van der Waals surface area contributed by atoms with Crippen LogP contribution in [0.5, 0.6) is 0 Å². The lowest BCUT2D eigenvalue weighted by atomic mass is 9.74. The van der Waals surface area contributed by atoms with E-state index in [-0.39, 0.29) is 0 Å². The van der Waals surface area contributed by atoms with Crippen molar-refractivity contribution in [2.45, 2.75) is 51.2 Å². The van der Waals surface area contributed by atoms with Gasteiger partial charge in [0.25, 0.3) is 0 Å². The van der Waals surface area contributed by atoms with Crippen molar-refractivity contribution < 1.29 is 9.84 Å². The van der Waals surface area contributed by atoms with Crippen LogP contribution in [0.4, 0.5) is 0 Å². The molecule has 1 atom stereocenters. The molecule has 3 nitrogen and oxygen atoms in total. The van der Waals surface area contributed by atoms with Gasteiger partial charge in [0.05, 0.1) is 5.60 Å². The molecule has 0 amide bonds. The van der Waals surface area contributed by atoms with Gasteiger partial charge in [0.1, 0.15) is 6.10 Å². The van der Waals surface area contributed by atoms with Crippen LogP contribution in [0.25, 0.3) is 0 Å². The standard InChI is InChI=1S/C15H23NO2/c1-11-4-7-15(18-3,8-5-11)14(17)13-10-16-9-6-12(13)2/h6,9-11,14,17H,4-5,7-8H2,1-3H3. The van der Waals surface area contributed by atoms with Crippen molar-refractivity contribution in [3.05, 3.63) is 29.6 Å². The SMILES string of the molecule is COC1(C(O)c2cnccc2C)CCC(C)CC1. The zero-order chi connectivity index (χ0) is 13.2. The molecule has 1 unspecified atom stereocenters. The molecule has 0 bridgehead atoms. The van der Waals surface area contributed by atoms with Crippen molar-refractivity contribution in [1.29, 1.82) is 0 Å². The maximum Gasteiger partial charge on any atom is 0.110 e. The molecule has 1 aliphatic rings. The van der Waals surface area contributed by atoms with Gasteiger partial charge in [-0.25, -0.2) is 0 Å². The highest BCUT2D eigenvalue weighted by molar-refractivity contribution is 5.26. The van der Waals surface area contributed by atoms with E-state index < -0.39 is 11.7 Å². The van der Waals surface area contributed by atoms with Gasteiger partial charge < -0.3 is 9.84 Å². The van der Waals surface area contributed by atoms with Crippen molar-refractivity contribution in [3.63, 3.8) is 0 Å². The molecular formula is C15H23NO2. The summed E-state index contributed by atoms with van der Waals surface area (Å²) in [5.74, 6) is 0.732. The Morgan fingerprint density at radius 3 is 2.67 bits per heavy atom. The quantitative estimate of drug-likeness (QED) is 0.895. The number of methoxy groups -OCH3 is 1. The molecule has 2 rings (SSSR count). The maximum atomic E-state index is 10.7. The fourth-order valence-corrected chi connectivity index (χ4v) is 2.89. The highest BCUT2D eigenvalue weighted by atomic mass is 16.5. The molecule has 1 saturated carbocycles. The van der Waals surface area contributed by atoms with Crippen molar-refractivity contribution in [2.75, 3.05) is 7.11 Å². The van der Waals surface area contributed by atoms with Gasteiger partial charge in [0.2, 0.25) is 0 Å². The van der Waals surface area contributed by atoms with Gasteiger partial charge in [-0.15, -0.1) is 0 Å². The molecule has 1 aromatic heterocycles. The summed E-state index contributed by atoms with van der Waals surface area (Å²) in [6.45, 7) is 4.27. The summed E-state index contributed by atoms with van der Waals surface area (Å²) >= 11 is 0. The summed E-state index contributed by atoms with van der Waals surface area (Å²) in [5.41, 5.74) is 1.54. The predicted molar refractivity (Wildman–Crippen MR) is 71.3 cm³/mol. The minimum absolute atomic E-state index is 0.430. The molecule has 1 heterocycles. The first-order chi connectivity index (χ1) is 8.59. The lowest BCUT2D eigenvalue weighted by molar-refractivity contribution is -0.130. The summed E-state index contributed by atoms with van der Waals surface area (Å²) < 4.78 is 5.72. The third kappa shape index (κ3) is 2.43. The van der Waals surface area contributed by atoms with Crippen LogP contribution in [-0.2, 0) is 4.74 Å². The number of rotatable bonds is 3. The first-order valence-corrected chi connectivity index (χ1v) is 6.73. The van der Waals surface area contributed by atoms with Gasteiger partial charge in [-0.2, -0.15) is 0 Å². The highest BCUT2D eigenvalue weighted by Crippen LogP contribution is 2.43. The van der Waals surface area contributed by atoms with Crippen molar-refractivity contribution in [2.24, 2.45) is 5.92 Å². The predicted octanol–water partition coefficient (Wildman–Crippen LogP) is 3.02. The number of ether oxygens (including phenoxy) is 1. The van der Waals surface area contributed by atoms with Gasteiger partial charge >= 0.3 is 0 Å². The van der Waals surface area contributed by atoms with Crippen LogP contribution in [0.2, 0.25) is 0 Å². The molecule has 1 aliphatic carbocycles. The summed E-state index contributed by atoms with van der Waals surface area (Å²) in [5, 5.41) is 10.7. The average Bonchev–Trinajstić information content (AvgIpc) is 2.40. The average molecular weight is 249 g/mol. The number of aliphatic hydroxyl groups is 1. The van der Waals surface area contributed by atoms with E-state index in [0.29, 0.717) is 0 Å². The van der Waals surface area contributed by atoms with Crippen molar-refractivity contribution in [1.82, 2.24) is 4.98 Å². The fourth-order valence-electron chi connectivity index (χ4n) is 2.89. The number of aromatic nitrogens is 1. The Hall–Kier alpha value is -0.930. The molecule has 0 radical (unpaired) electrons. The Morgan fingerprint density at radius 2 is 2.11 bits per heavy atom. The lowest BCUT2D eigenvalue weighted by Gasteiger charge is -2.42. The molecule has 100 valence electrons. The van der Waals surface area contributed by atoms with Gasteiger partial charge in [0, 0.05) is 25.1 Å². The monoisotopic (exact) mass is 249 g/mol. The normalized spacial score (nSPS) is 30.1. The minimum atomic E-state index is -0.580. The van der Waals surface area contributed by atoms with Gasteiger partial charge in [0.15, 0.2) is 0 Å². The summed E-state index contributed by atoms with van der Waals surface area (Å²) in [4.78, 5) is 4.13. The molecule has 0 spiro atoms. The molecule has 1 aromatic rings. The second-order valence-corrected chi connectivity index (χ2v) is 5.59. The number of hydrogen-bond acceptors (Lipinski definition) is 3. The summed E-state index contributed by atoms with van der Waals surface area (Å²) in [6.07, 6.45) is 7.00. The zero-order valence-corrected chi connectivity index (χ0v) is 11.5. The third-order valence-corrected chi connectivity index (χ3v) is 4.40. The second-order valence-electron chi connectivity index (χ2n) is 5.59. The number of nitrogens with zero attached hydrogens (tertiary/aromatic N) is 1. The van der Waals surface area contributed by atoms with Crippen LogP contribution in [0.1, 0.15) is 49.8 Å². The van der Waals surface area contributed by atoms with Crippen LogP contribution in [-0.4, -0.2) is 22.8 Å². The van der Waals surface area contributed by atoms with E-state index in [0.717, 1.165) is 42.7 Å². The molecule has 0 saturated heterocycles. The molecular weight excluding hydrogens is 226 g/mol. The van der Waals surface area contributed by atoms with Crippen LogP contribution in [0, 0.1) is 12.8 Å². The Labute approximate surface area is 109 Å². The third-order valence-electron chi connectivity index (χ3n) is 4.40. The van der Waals surface area contributed by atoms with E-state index >= 15 is 0 Å². The lowest BCUT2D eigenvalue weighted by Crippen LogP contribution is -2.42. The first kappa shape index (κ1) is 13.5. The molecule has 1 N–H and O–H groups in total. The smallest absolute Gasteiger partial charge is 0.110 e. The number of hydrogen-bond donors (Lipinski definition) is 1. The Bertz CT molecular complexity index is 397. The molecule has 3 heteroatoms. The molecule has 0 aliphatic heterocycles. The van der Waals surface area contributed by atoms with E-state index in [4.69, 9.17) is 4.74 Å². The van der Waals surface area contributed by atoms with Crippen LogP contribution >= 0.6 is 0 Å². The van der Waals surface area contributed by atoms with Crippen LogP contribution in [0.3, 0.4) is 0 Å². The van der Waals surface area contributed by atoms with E-state index in [2.05, 4.69) is 11.9 Å². The van der Waals surface area contributed by atoms with E-state index in [9.17, 15) is 5.11 Å². The van der Waals surface area contributed by atoms with Crippen LogP contribution < -0.4 is 0 Å². The van der Waals surface area contributed by atoms with Gasteiger partial charge in [-0.3, -0.25) is 4.98 Å². The van der Waals surface area contributed by atoms with Crippen LogP contribution in [0.15, 0.2) is 18.5 Å². The van der Waals surface area contributed by atoms with Crippen molar-refractivity contribution in [3.8, 4) is 0 Å². The Balaban J connectivity index is 2.25. The van der Waals surface area contributed by atoms with E-state index in [1.165, 1.54) is 0 Å². The van der Waals surface area contributed by atoms with Gasteiger partial charge in [-0.05, 0) is 50.2 Å². The van der Waals surface area contributed by atoms with Gasteiger partial charge in [-0.1, -0.05) is 6.92 Å². The number of aliphatic hydroxyl groups excluding tert-OH is 1. The summed E-state index contributed by atoms with van der Waals surface area (Å²) in [7, 11) is 1.71. The van der Waals surface area contributed by atoms with E-state index in [1.54, 1.807) is 19.5 Å². The molecule has 1 fully saturated rings.